The molecule has 0 saturated heterocycles. The summed E-state index contributed by atoms with van der Waals surface area (Å²) in [4.78, 5) is 8.22. The van der Waals surface area contributed by atoms with Crippen molar-refractivity contribution in [1.29, 1.82) is 0 Å². The molecule has 1 rings (SSSR count). The first kappa shape index (κ1) is 3.64. The summed E-state index contributed by atoms with van der Waals surface area (Å²) in [5, 5.41) is 8.30. The second-order valence-electron chi connectivity index (χ2n) is 0.912. The van der Waals surface area contributed by atoms with E-state index in [1.165, 1.54) is 12.3 Å². The highest BCUT2D eigenvalue weighted by Gasteiger charge is 2.03. The Morgan fingerprint density at radius 2 is 2.50 bits per heavy atom. The highest BCUT2D eigenvalue weighted by molar-refractivity contribution is 4.78. The zero-order chi connectivity index (χ0) is 4.41. The van der Waals surface area contributed by atoms with Gasteiger partial charge in [0, 0.05) is 6.08 Å². The lowest BCUT2D eigenvalue weighted by atomic mass is 10.6. The summed E-state index contributed by atoms with van der Waals surface area (Å²) in [5.74, 6) is 0. The maximum atomic E-state index is 8.30. The molecular formula is C3H4O3. The number of aliphatic hydroxyl groups excluding tert-OH is 1. The molecule has 1 atom stereocenters. The van der Waals surface area contributed by atoms with Crippen LogP contribution < -0.4 is 0 Å². The van der Waals surface area contributed by atoms with Gasteiger partial charge in [-0.25, -0.2) is 0 Å². The van der Waals surface area contributed by atoms with Gasteiger partial charge in [-0.1, -0.05) is 0 Å². The highest BCUT2D eigenvalue weighted by atomic mass is 17.2. The first-order chi connectivity index (χ1) is 2.89. The molecule has 1 unspecified atom stereocenters. The zero-order valence-electron chi connectivity index (χ0n) is 3.00. The number of aliphatic hydroxyl groups is 1. The molecule has 3 nitrogen and oxygen atoms in total. The summed E-state index contributed by atoms with van der Waals surface area (Å²) < 4.78 is 0. The number of hydrogen-bond donors (Lipinski definition) is 1. The normalized spacial score (nSPS) is 30.5. The van der Waals surface area contributed by atoms with Crippen LogP contribution in [0.5, 0.6) is 0 Å². The Bertz CT molecular complexity index is 68.4. The molecule has 0 aliphatic carbocycles. The van der Waals surface area contributed by atoms with E-state index in [0.717, 1.165) is 0 Å². The molecule has 0 spiro atoms. The predicted molar refractivity (Wildman–Crippen MR) is 17.3 cm³/mol. The van der Waals surface area contributed by atoms with Gasteiger partial charge in [0.05, 0.1) is 0 Å². The molecule has 1 aliphatic heterocycles. The smallest absolute Gasteiger partial charge is 0.223 e. The summed E-state index contributed by atoms with van der Waals surface area (Å²) in [7, 11) is 0. The second-order valence-corrected chi connectivity index (χ2v) is 0.912. The molecule has 6 heavy (non-hydrogen) atoms. The lowest BCUT2D eigenvalue weighted by Crippen LogP contribution is -1.98. The molecule has 0 fully saturated rings. The van der Waals surface area contributed by atoms with Gasteiger partial charge in [0.1, 0.15) is 6.26 Å². The third kappa shape index (κ3) is 0.502. The Morgan fingerprint density at radius 3 is 2.67 bits per heavy atom. The highest BCUT2D eigenvalue weighted by Crippen LogP contribution is 1.98. The first-order valence-electron chi connectivity index (χ1n) is 1.56. The zero-order valence-corrected chi connectivity index (χ0v) is 3.00. The van der Waals surface area contributed by atoms with E-state index >= 15 is 0 Å². The van der Waals surface area contributed by atoms with E-state index in [1.54, 1.807) is 0 Å². The van der Waals surface area contributed by atoms with Gasteiger partial charge in [-0.15, -0.1) is 0 Å². The molecule has 0 aromatic carbocycles. The van der Waals surface area contributed by atoms with E-state index in [2.05, 4.69) is 9.78 Å². The van der Waals surface area contributed by atoms with Gasteiger partial charge >= 0.3 is 0 Å². The maximum absolute atomic E-state index is 8.30. The van der Waals surface area contributed by atoms with E-state index in [4.69, 9.17) is 5.11 Å². The number of rotatable bonds is 0. The average Bonchev–Trinajstić information content (AvgIpc) is 1.86. The Hall–Kier alpha value is -0.540. The van der Waals surface area contributed by atoms with Crippen LogP contribution in [0, 0.1) is 0 Å². The van der Waals surface area contributed by atoms with Crippen LogP contribution in [0.2, 0.25) is 0 Å². The Balaban J connectivity index is 2.38. The Kier molecular flexibility index (Phi) is 0.777. The molecule has 1 heterocycles. The quantitative estimate of drug-likeness (QED) is 0.416. The van der Waals surface area contributed by atoms with Gasteiger partial charge in [0.25, 0.3) is 0 Å². The van der Waals surface area contributed by atoms with Gasteiger partial charge in [0.15, 0.2) is 0 Å². The van der Waals surface area contributed by atoms with Crippen molar-refractivity contribution in [1.82, 2.24) is 0 Å². The van der Waals surface area contributed by atoms with Crippen LogP contribution in [0.3, 0.4) is 0 Å². The SMILES string of the molecule is OC1C=COO1. The maximum Gasteiger partial charge on any atom is 0.223 e. The van der Waals surface area contributed by atoms with Crippen molar-refractivity contribution in [2.45, 2.75) is 6.29 Å². The van der Waals surface area contributed by atoms with Crippen molar-refractivity contribution in [3.63, 3.8) is 0 Å². The van der Waals surface area contributed by atoms with Crippen LogP contribution in [0.4, 0.5) is 0 Å². The molecule has 1 N–H and O–H groups in total. The van der Waals surface area contributed by atoms with Crippen molar-refractivity contribution in [2.75, 3.05) is 0 Å². The number of hydrogen-bond acceptors (Lipinski definition) is 3. The minimum atomic E-state index is -0.856. The standard InChI is InChI=1S/C3H4O3/c4-3-1-2-5-6-3/h1-4H. The molecule has 34 valence electrons. The van der Waals surface area contributed by atoms with Gasteiger partial charge in [-0.2, -0.15) is 4.89 Å². The summed E-state index contributed by atoms with van der Waals surface area (Å²) in [6, 6.07) is 0. The molecule has 3 heteroatoms. The lowest BCUT2D eigenvalue weighted by molar-refractivity contribution is -0.300. The second kappa shape index (κ2) is 1.28. The molecular weight excluding hydrogens is 84.0 g/mol. The van der Waals surface area contributed by atoms with Gasteiger partial charge in [-0.05, 0) is 0 Å². The van der Waals surface area contributed by atoms with Crippen molar-refractivity contribution in [3.8, 4) is 0 Å². The first-order valence-corrected chi connectivity index (χ1v) is 1.56. The third-order valence-corrected chi connectivity index (χ3v) is 0.453. The lowest BCUT2D eigenvalue weighted by Gasteiger charge is -1.90. The van der Waals surface area contributed by atoms with Crippen LogP contribution in [0.25, 0.3) is 0 Å². The van der Waals surface area contributed by atoms with Crippen molar-refractivity contribution < 1.29 is 14.9 Å². The van der Waals surface area contributed by atoms with Gasteiger partial charge < -0.3 is 9.99 Å². The molecule has 0 saturated carbocycles. The summed E-state index contributed by atoms with van der Waals surface area (Å²) in [6.07, 6.45) is 1.81. The third-order valence-electron chi connectivity index (χ3n) is 0.453. The van der Waals surface area contributed by atoms with E-state index in [0.29, 0.717) is 0 Å². The molecule has 0 radical (unpaired) electrons. The molecule has 1 aliphatic rings. The summed E-state index contributed by atoms with van der Waals surface area (Å²) >= 11 is 0. The van der Waals surface area contributed by atoms with Crippen LogP contribution in [-0.4, -0.2) is 11.4 Å². The predicted octanol–water partition coefficient (Wildman–Crippen LogP) is -0.220. The fourth-order valence-electron chi connectivity index (χ4n) is 0.220. The molecule has 0 aromatic rings. The fourth-order valence-corrected chi connectivity index (χ4v) is 0.220. The van der Waals surface area contributed by atoms with Crippen LogP contribution in [0.15, 0.2) is 12.3 Å². The van der Waals surface area contributed by atoms with Crippen LogP contribution >= 0.6 is 0 Å². The fraction of sp³-hybridized carbons (Fsp3) is 0.333. The van der Waals surface area contributed by atoms with E-state index in [1.807, 2.05) is 0 Å². The summed E-state index contributed by atoms with van der Waals surface area (Å²) in [5.41, 5.74) is 0. The minimum Gasteiger partial charge on any atom is -0.362 e. The van der Waals surface area contributed by atoms with Crippen molar-refractivity contribution in [2.24, 2.45) is 0 Å². The minimum absolute atomic E-state index is 0.856. The Morgan fingerprint density at radius 1 is 1.67 bits per heavy atom. The van der Waals surface area contributed by atoms with Crippen LogP contribution in [0.1, 0.15) is 0 Å². The average molecular weight is 88.1 g/mol. The monoisotopic (exact) mass is 88.0 g/mol. The van der Waals surface area contributed by atoms with Crippen molar-refractivity contribution in [3.05, 3.63) is 12.3 Å². The molecule has 0 bridgehead atoms. The van der Waals surface area contributed by atoms with Gasteiger partial charge in [-0.3, -0.25) is 0 Å². The van der Waals surface area contributed by atoms with E-state index < -0.39 is 6.29 Å². The Labute approximate surface area is 34.7 Å². The van der Waals surface area contributed by atoms with E-state index in [9.17, 15) is 0 Å². The largest absolute Gasteiger partial charge is 0.362 e. The van der Waals surface area contributed by atoms with Crippen molar-refractivity contribution >= 4 is 0 Å². The molecule has 0 aromatic heterocycles. The van der Waals surface area contributed by atoms with Gasteiger partial charge in [0.2, 0.25) is 6.29 Å². The summed E-state index contributed by atoms with van der Waals surface area (Å²) in [6.45, 7) is 0. The molecule has 0 amide bonds. The van der Waals surface area contributed by atoms with E-state index in [-0.39, 0.29) is 0 Å². The van der Waals surface area contributed by atoms with Crippen LogP contribution in [-0.2, 0) is 9.78 Å². The topological polar surface area (TPSA) is 38.7 Å².